The fourth-order valence-corrected chi connectivity index (χ4v) is 3.80. The van der Waals surface area contributed by atoms with Gasteiger partial charge in [-0.15, -0.1) is 0 Å². The molecule has 0 spiro atoms. The molecule has 4 heteroatoms. The third kappa shape index (κ3) is 4.10. The Labute approximate surface area is 145 Å². The van der Waals surface area contributed by atoms with Gasteiger partial charge in [-0.1, -0.05) is 12.1 Å². The van der Waals surface area contributed by atoms with Gasteiger partial charge in [-0.2, -0.15) is 0 Å². The van der Waals surface area contributed by atoms with Gasteiger partial charge in [0, 0.05) is 33.5 Å². The molecule has 2 aliphatic heterocycles. The summed E-state index contributed by atoms with van der Waals surface area (Å²) in [5, 5.41) is 0. The highest BCUT2D eigenvalue weighted by Crippen LogP contribution is 2.35. The summed E-state index contributed by atoms with van der Waals surface area (Å²) in [6.45, 7) is 7.47. The number of fused-ring (bicyclic) bond motifs is 1. The lowest BCUT2D eigenvalue weighted by Gasteiger charge is -2.32. The average molecular weight is 330 g/mol. The van der Waals surface area contributed by atoms with E-state index in [1.54, 1.807) is 4.90 Å². The summed E-state index contributed by atoms with van der Waals surface area (Å²) >= 11 is 0. The Morgan fingerprint density at radius 3 is 2.67 bits per heavy atom. The Morgan fingerprint density at radius 2 is 2.00 bits per heavy atom. The maximum absolute atomic E-state index is 11.8. The monoisotopic (exact) mass is 330 g/mol. The van der Waals surface area contributed by atoms with Crippen molar-refractivity contribution < 1.29 is 9.53 Å². The summed E-state index contributed by atoms with van der Waals surface area (Å²) in [5.74, 6) is 1.85. The minimum Gasteiger partial charge on any atom is -0.487 e. The van der Waals surface area contributed by atoms with Crippen molar-refractivity contribution in [2.75, 3.05) is 27.2 Å². The summed E-state index contributed by atoms with van der Waals surface area (Å²) in [6, 6.07) is 6.63. The zero-order valence-electron chi connectivity index (χ0n) is 15.5. The number of carbonyl (C=O) groups is 1. The number of piperidine rings is 1. The Hall–Kier alpha value is -1.55. The number of amides is 1. The molecule has 1 aromatic rings. The van der Waals surface area contributed by atoms with Crippen molar-refractivity contribution in [3.05, 3.63) is 29.3 Å². The van der Waals surface area contributed by atoms with Crippen LogP contribution in [-0.2, 0) is 17.8 Å². The maximum Gasteiger partial charge on any atom is 0.222 e. The second kappa shape index (κ2) is 6.75. The van der Waals surface area contributed by atoms with E-state index in [-0.39, 0.29) is 11.5 Å². The van der Waals surface area contributed by atoms with Crippen LogP contribution in [0.2, 0.25) is 0 Å². The number of ether oxygens (including phenoxy) is 1. The van der Waals surface area contributed by atoms with Crippen LogP contribution in [0.3, 0.4) is 0 Å². The number of hydrogen-bond acceptors (Lipinski definition) is 3. The lowest BCUT2D eigenvalue weighted by Crippen LogP contribution is -2.35. The summed E-state index contributed by atoms with van der Waals surface area (Å²) in [5.41, 5.74) is 2.64. The van der Waals surface area contributed by atoms with Gasteiger partial charge in [0.15, 0.2) is 0 Å². The van der Waals surface area contributed by atoms with Crippen LogP contribution in [0.1, 0.15) is 44.2 Å². The molecule has 0 aliphatic carbocycles. The fourth-order valence-electron chi connectivity index (χ4n) is 3.80. The third-order valence-electron chi connectivity index (χ3n) is 5.20. The highest BCUT2D eigenvalue weighted by Gasteiger charge is 2.30. The lowest BCUT2D eigenvalue weighted by molar-refractivity contribution is -0.130. The van der Waals surface area contributed by atoms with E-state index in [1.807, 2.05) is 14.1 Å². The second-order valence-electron chi connectivity index (χ2n) is 8.19. The van der Waals surface area contributed by atoms with Crippen LogP contribution in [0.15, 0.2) is 18.2 Å². The molecule has 1 amide bonds. The van der Waals surface area contributed by atoms with Crippen molar-refractivity contribution in [3.8, 4) is 5.75 Å². The van der Waals surface area contributed by atoms with Crippen LogP contribution in [0.4, 0.5) is 0 Å². The lowest BCUT2D eigenvalue weighted by atomic mass is 9.92. The first kappa shape index (κ1) is 17.3. The topological polar surface area (TPSA) is 32.8 Å². The molecule has 2 aliphatic rings. The molecule has 0 N–H and O–H groups in total. The summed E-state index contributed by atoms with van der Waals surface area (Å²) in [7, 11) is 3.69. The predicted molar refractivity (Wildman–Crippen MR) is 96.2 cm³/mol. The predicted octanol–water partition coefficient (Wildman–Crippen LogP) is 3.09. The highest BCUT2D eigenvalue weighted by molar-refractivity contribution is 5.75. The quantitative estimate of drug-likeness (QED) is 0.850. The summed E-state index contributed by atoms with van der Waals surface area (Å²) in [4.78, 5) is 16.1. The van der Waals surface area contributed by atoms with Gasteiger partial charge in [0.25, 0.3) is 0 Å². The number of nitrogens with zero attached hydrogens (tertiary/aromatic N) is 2. The Kier molecular flexibility index (Phi) is 4.86. The van der Waals surface area contributed by atoms with E-state index < -0.39 is 0 Å². The van der Waals surface area contributed by atoms with E-state index in [0.29, 0.717) is 12.3 Å². The van der Waals surface area contributed by atoms with Gasteiger partial charge >= 0.3 is 0 Å². The number of rotatable bonds is 4. The molecule has 24 heavy (non-hydrogen) atoms. The highest BCUT2D eigenvalue weighted by atomic mass is 16.5. The fraction of sp³-hybridized carbons (Fsp3) is 0.650. The average Bonchev–Trinajstić information content (AvgIpc) is 2.82. The molecular weight excluding hydrogens is 300 g/mol. The van der Waals surface area contributed by atoms with E-state index in [1.165, 1.54) is 11.1 Å². The number of likely N-dealkylation sites (tertiary alicyclic amines) is 1. The smallest absolute Gasteiger partial charge is 0.222 e. The number of benzene rings is 1. The zero-order valence-corrected chi connectivity index (χ0v) is 15.5. The second-order valence-corrected chi connectivity index (χ2v) is 8.19. The summed E-state index contributed by atoms with van der Waals surface area (Å²) < 4.78 is 5.96. The molecule has 4 nitrogen and oxygen atoms in total. The Balaban J connectivity index is 1.51. The molecule has 0 aromatic heterocycles. The van der Waals surface area contributed by atoms with Crippen molar-refractivity contribution in [3.63, 3.8) is 0 Å². The molecule has 1 fully saturated rings. The van der Waals surface area contributed by atoms with Gasteiger partial charge in [0.1, 0.15) is 11.4 Å². The molecule has 3 rings (SSSR count). The largest absolute Gasteiger partial charge is 0.487 e. The number of carbonyl (C=O) groups excluding carboxylic acids is 1. The minimum atomic E-state index is -0.0712. The van der Waals surface area contributed by atoms with Gasteiger partial charge < -0.3 is 9.64 Å². The van der Waals surface area contributed by atoms with Crippen molar-refractivity contribution in [2.45, 2.75) is 51.7 Å². The van der Waals surface area contributed by atoms with Crippen molar-refractivity contribution in [1.82, 2.24) is 9.80 Å². The van der Waals surface area contributed by atoms with Crippen molar-refractivity contribution >= 4 is 5.91 Å². The third-order valence-corrected chi connectivity index (χ3v) is 5.20. The van der Waals surface area contributed by atoms with Gasteiger partial charge in [-0.3, -0.25) is 9.69 Å². The molecule has 1 aromatic carbocycles. The molecule has 0 radical (unpaired) electrons. The molecule has 0 saturated carbocycles. The maximum atomic E-state index is 11.8. The van der Waals surface area contributed by atoms with E-state index in [2.05, 4.69) is 36.9 Å². The Bertz CT molecular complexity index is 602. The van der Waals surface area contributed by atoms with Crippen molar-refractivity contribution in [2.24, 2.45) is 5.92 Å². The standard InChI is InChI=1S/C20H30N2O2/c1-20(2)13-17-11-16(5-6-18(17)24-20)14-22-9-7-15(8-10-22)12-19(23)21(3)4/h5-6,11,15H,7-10,12-14H2,1-4H3. The van der Waals surface area contributed by atoms with E-state index in [9.17, 15) is 4.79 Å². The van der Waals surface area contributed by atoms with E-state index in [4.69, 9.17) is 4.74 Å². The molecule has 2 heterocycles. The SMILES string of the molecule is CN(C)C(=O)CC1CCN(Cc2ccc3c(c2)CC(C)(C)O3)CC1. The summed E-state index contributed by atoms with van der Waals surface area (Å²) in [6.07, 6.45) is 3.94. The van der Waals surface area contributed by atoms with Crippen LogP contribution >= 0.6 is 0 Å². The zero-order chi connectivity index (χ0) is 17.3. The van der Waals surface area contributed by atoms with Crippen LogP contribution < -0.4 is 4.74 Å². The molecule has 1 saturated heterocycles. The first-order valence-electron chi connectivity index (χ1n) is 9.06. The van der Waals surface area contributed by atoms with Crippen LogP contribution in [0.5, 0.6) is 5.75 Å². The molecule has 0 unspecified atom stereocenters. The molecule has 0 bridgehead atoms. The van der Waals surface area contributed by atoms with Crippen molar-refractivity contribution in [1.29, 1.82) is 0 Å². The van der Waals surface area contributed by atoms with Gasteiger partial charge in [0.05, 0.1) is 0 Å². The van der Waals surface area contributed by atoms with Gasteiger partial charge in [-0.25, -0.2) is 0 Å². The van der Waals surface area contributed by atoms with Crippen LogP contribution in [0, 0.1) is 5.92 Å². The van der Waals surface area contributed by atoms with Crippen LogP contribution in [0.25, 0.3) is 0 Å². The van der Waals surface area contributed by atoms with Gasteiger partial charge in [0.2, 0.25) is 5.91 Å². The first-order valence-corrected chi connectivity index (χ1v) is 9.06. The van der Waals surface area contributed by atoms with E-state index in [0.717, 1.165) is 44.6 Å². The Morgan fingerprint density at radius 1 is 1.29 bits per heavy atom. The van der Waals surface area contributed by atoms with Gasteiger partial charge in [-0.05, 0) is 62.9 Å². The molecule has 0 atom stereocenters. The normalized spacial score (nSPS) is 20.5. The van der Waals surface area contributed by atoms with Crippen LogP contribution in [-0.4, -0.2) is 48.5 Å². The number of hydrogen-bond donors (Lipinski definition) is 0. The van der Waals surface area contributed by atoms with E-state index >= 15 is 0 Å². The molecule has 132 valence electrons. The first-order chi connectivity index (χ1) is 11.3. The molecular formula is C20H30N2O2. The minimum absolute atomic E-state index is 0.0712.